The van der Waals surface area contributed by atoms with E-state index in [1.54, 1.807) is 0 Å². The Morgan fingerprint density at radius 2 is 2.06 bits per heavy atom. The molecule has 0 bridgehead atoms. The third kappa shape index (κ3) is 3.43. The van der Waals surface area contributed by atoms with Gasteiger partial charge in [-0.1, -0.05) is 0 Å². The van der Waals surface area contributed by atoms with E-state index in [0.717, 1.165) is 6.42 Å². The van der Waals surface area contributed by atoms with Crippen molar-refractivity contribution in [3.63, 3.8) is 0 Å². The smallest absolute Gasteiger partial charge is 0.326 e. The second kappa shape index (κ2) is 5.81. The Morgan fingerprint density at radius 3 is 2.44 bits per heavy atom. The zero-order valence-corrected chi connectivity index (χ0v) is 10.3. The SMILES string of the molecule is COC(=O)CCC(NC(=O)C1(N)CCC1)C(=O)O. The first-order chi connectivity index (χ1) is 8.39. The van der Waals surface area contributed by atoms with Gasteiger partial charge in [-0.3, -0.25) is 9.59 Å². The number of hydrogen-bond acceptors (Lipinski definition) is 5. The van der Waals surface area contributed by atoms with E-state index in [9.17, 15) is 14.4 Å². The highest BCUT2D eigenvalue weighted by Crippen LogP contribution is 2.29. The molecule has 102 valence electrons. The Labute approximate surface area is 105 Å². The second-order valence-corrected chi connectivity index (χ2v) is 4.49. The van der Waals surface area contributed by atoms with Crippen molar-refractivity contribution in [1.82, 2.24) is 5.32 Å². The molecule has 0 aliphatic heterocycles. The summed E-state index contributed by atoms with van der Waals surface area (Å²) in [6.07, 6.45) is 1.91. The summed E-state index contributed by atoms with van der Waals surface area (Å²) in [6, 6.07) is -1.11. The highest BCUT2D eigenvalue weighted by Gasteiger charge is 2.41. The molecule has 18 heavy (non-hydrogen) atoms. The average molecular weight is 258 g/mol. The third-order valence-corrected chi connectivity index (χ3v) is 3.17. The number of carbonyl (C=O) groups excluding carboxylic acids is 2. The molecule has 0 aromatic rings. The van der Waals surface area contributed by atoms with E-state index in [4.69, 9.17) is 10.8 Å². The molecular formula is C11H18N2O5. The minimum absolute atomic E-state index is 0.0101. The van der Waals surface area contributed by atoms with Crippen LogP contribution in [-0.2, 0) is 19.1 Å². The van der Waals surface area contributed by atoms with Crippen LogP contribution in [-0.4, -0.2) is 41.6 Å². The maximum Gasteiger partial charge on any atom is 0.326 e. The van der Waals surface area contributed by atoms with Crippen LogP contribution in [0.3, 0.4) is 0 Å². The highest BCUT2D eigenvalue weighted by molar-refractivity contribution is 5.90. The van der Waals surface area contributed by atoms with E-state index in [2.05, 4.69) is 10.1 Å². The van der Waals surface area contributed by atoms with Gasteiger partial charge in [-0.25, -0.2) is 4.79 Å². The average Bonchev–Trinajstić information content (AvgIpc) is 2.29. The van der Waals surface area contributed by atoms with Crippen molar-refractivity contribution < 1.29 is 24.2 Å². The molecule has 0 radical (unpaired) electrons. The van der Waals surface area contributed by atoms with Crippen molar-refractivity contribution in [2.24, 2.45) is 5.73 Å². The molecule has 0 aromatic carbocycles. The molecule has 0 saturated heterocycles. The van der Waals surface area contributed by atoms with E-state index >= 15 is 0 Å². The number of ether oxygens (including phenoxy) is 1. The molecule has 1 atom stereocenters. The monoisotopic (exact) mass is 258 g/mol. The van der Waals surface area contributed by atoms with Crippen LogP contribution in [0, 0.1) is 0 Å². The van der Waals surface area contributed by atoms with Crippen molar-refractivity contribution in [1.29, 1.82) is 0 Å². The molecule has 0 aromatic heterocycles. The van der Waals surface area contributed by atoms with Crippen LogP contribution in [0.1, 0.15) is 32.1 Å². The number of carbonyl (C=O) groups is 3. The maximum atomic E-state index is 11.8. The molecule has 1 unspecified atom stereocenters. The van der Waals surface area contributed by atoms with Gasteiger partial charge in [0.2, 0.25) is 5.91 Å². The standard InChI is InChI=1S/C11H18N2O5/c1-18-8(14)4-3-7(9(15)16)13-10(17)11(12)5-2-6-11/h7H,2-6,12H2,1H3,(H,13,17)(H,15,16). The molecule has 1 amide bonds. The zero-order chi connectivity index (χ0) is 13.8. The lowest BCUT2D eigenvalue weighted by molar-refractivity contribution is -0.145. The van der Waals surface area contributed by atoms with Crippen LogP contribution in [0.4, 0.5) is 0 Å². The van der Waals surface area contributed by atoms with Gasteiger partial charge < -0.3 is 20.9 Å². The van der Waals surface area contributed by atoms with Crippen LogP contribution in [0.5, 0.6) is 0 Å². The van der Waals surface area contributed by atoms with Crippen molar-refractivity contribution in [2.45, 2.75) is 43.7 Å². The Kier molecular flexibility index (Phi) is 4.66. The van der Waals surface area contributed by atoms with E-state index in [1.807, 2.05) is 0 Å². The van der Waals surface area contributed by atoms with Gasteiger partial charge in [0.05, 0.1) is 12.6 Å². The molecule has 1 aliphatic carbocycles. The largest absolute Gasteiger partial charge is 0.480 e. The summed E-state index contributed by atoms with van der Waals surface area (Å²) in [5.41, 5.74) is 4.83. The van der Waals surface area contributed by atoms with Crippen molar-refractivity contribution in [3.05, 3.63) is 0 Å². The number of aliphatic carboxylic acids is 1. The lowest BCUT2D eigenvalue weighted by atomic mass is 9.77. The summed E-state index contributed by atoms with van der Waals surface area (Å²) in [4.78, 5) is 33.7. The van der Waals surface area contributed by atoms with Gasteiger partial charge in [0, 0.05) is 6.42 Å². The number of nitrogens with two attached hydrogens (primary N) is 1. The van der Waals surface area contributed by atoms with E-state index < -0.39 is 29.4 Å². The number of nitrogens with one attached hydrogen (secondary N) is 1. The summed E-state index contributed by atoms with van der Waals surface area (Å²) in [5.74, 6) is -2.16. The number of methoxy groups -OCH3 is 1. The predicted molar refractivity (Wildman–Crippen MR) is 61.6 cm³/mol. The fourth-order valence-electron chi connectivity index (χ4n) is 1.71. The zero-order valence-electron chi connectivity index (χ0n) is 10.3. The van der Waals surface area contributed by atoms with E-state index in [1.165, 1.54) is 7.11 Å². The molecule has 7 nitrogen and oxygen atoms in total. The fraction of sp³-hybridized carbons (Fsp3) is 0.727. The minimum atomic E-state index is -1.19. The van der Waals surface area contributed by atoms with Gasteiger partial charge in [-0.2, -0.15) is 0 Å². The predicted octanol–water partition coefficient (Wildman–Crippen LogP) is -0.610. The molecule has 7 heteroatoms. The molecular weight excluding hydrogens is 240 g/mol. The van der Waals surface area contributed by atoms with E-state index in [0.29, 0.717) is 12.8 Å². The Hall–Kier alpha value is -1.63. The third-order valence-electron chi connectivity index (χ3n) is 3.17. The summed E-state index contributed by atoms with van der Waals surface area (Å²) in [7, 11) is 1.22. The van der Waals surface area contributed by atoms with Crippen molar-refractivity contribution in [2.75, 3.05) is 7.11 Å². The molecule has 1 saturated carbocycles. The molecule has 1 fully saturated rings. The number of rotatable bonds is 6. The topological polar surface area (TPSA) is 119 Å². The highest BCUT2D eigenvalue weighted by atomic mass is 16.5. The fourth-order valence-corrected chi connectivity index (χ4v) is 1.71. The van der Waals surface area contributed by atoms with Crippen LogP contribution in [0.15, 0.2) is 0 Å². The number of esters is 1. The number of hydrogen-bond donors (Lipinski definition) is 3. The lowest BCUT2D eigenvalue weighted by Crippen LogP contribution is -2.61. The molecule has 1 aliphatic rings. The summed E-state index contributed by atoms with van der Waals surface area (Å²) in [6.45, 7) is 0. The summed E-state index contributed by atoms with van der Waals surface area (Å²) >= 11 is 0. The van der Waals surface area contributed by atoms with Gasteiger partial charge in [0.1, 0.15) is 6.04 Å². The Bertz CT molecular complexity index is 351. The first-order valence-corrected chi connectivity index (χ1v) is 5.78. The number of amides is 1. The first kappa shape index (κ1) is 14.4. The molecule has 1 rings (SSSR count). The van der Waals surface area contributed by atoms with Gasteiger partial charge in [0.15, 0.2) is 0 Å². The van der Waals surface area contributed by atoms with Gasteiger partial charge in [-0.15, -0.1) is 0 Å². The van der Waals surface area contributed by atoms with Crippen molar-refractivity contribution in [3.8, 4) is 0 Å². The Balaban J connectivity index is 2.50. The number of carboxylic acids is 1. The van der Waals surface area contributed by atoms with Crippen LogP contribution < -0.4 is 11.1 Å². The second-order valence-electron chi connectivity index (χ2n) is 4.49. The van der Waals surface area contributed by atoms with E-state index in [-0.39, 0.29) is 12.8 Å². The van der Waals surface area contributed by atoms with Gasteiger partial charge in [-0.05, 0) is 25.7 Å². The normalized spacial score (nSPS) is 18.3. The first-order valence-electron chi connectivity index (χ1n) is 5.78. The number of carboxylic acid groups (broad SMARTS) is 1. The summed E-state index contributed by atoms with van der Waals surface area (Å²) in [5, 5.41) is 11.3. The maximum absolute atomic E-state index is 11.8. The Morgan fingerprint density at radius 1 is 1.44 bits per heavy atom. The lowest BCUT2D eigenvalue weighted by Gasteiger charge is -2.37. The van der Waals surface area contributed by atoms with Crippen LogP contribution in [0.2, 0.25) is 0 Å². The van der Waals surface area contributed by atoms with Crippen molar-refractivity contribution >= 4 is 17.8 Å². The minimum Gasteiger partial charge on any atom is -0.480 e. The van der Waals surface area contributed by atoms with Crippen LogP contribution >= 0.6 is 0 Å². The van der Waals surface area contributed by atoms with Gasteiger partial charge >= 0.3 is 11.9 Å². The quantitative estimate of drug-likeness (QED) is 0.547. The van der Waals surface area contributed by atoms with Crippen LogP contribution in [0.25, 0.3) is 0 Å². The molecule has 0 spiro atoms. The molecule has 4 N–H and O–H groups in total. The molecule has 0 heterocycles. The summed E-state index contributed by atoms with van der Waals surface area (Å²) < 4.78 is 4.42. The van der Waals surface area contributed by atoms with Gasteiger partial charge in [0.25, 0.3) is 0 Å².